The highest BCUT2D eigenvalue weighted by atomic mass is 16.5. The minimum absolute atomic E-state index is 0.0340. The maximum atomic E-state index is 12.7. The van der Waals surface area contributed by atoms with Gasteiger partial charge in [-0.1, -0.05) is 42.5 Å². The van der Waals surface area contributed by atoms with Crippen molar-refractivity contribution in [3.05, 3.63) is 96.1 Å². The van der Waals surface area contributed by atoms with E-state index in [9.17, 15) is 9.59 Å². The number of para-hydroxylation sites is 1. The fourth-order valence-corrected chi connectivity index (χ4v) is 3.19. The Morgan fingerprint density at radius 2 is 1.71 bits per heavy atom. The molecular weight excluding hydrogens is 388 g/mol. The molecule has 0 saturated heterocycles. The van der Waals surface area contributed by atoms with Crippen LogP contribution >= 0.6 is 0 Å². The lowest BCUT2D eigenvalue weighted by atomic mass is 10.1. The molecule has 0 aliphatic heterocycles. The molecule has 0 radical (unpaired) electrons. The number of benzene rings is 3. The van der Waals surface area contributed by atoms with Crippen molar-refractivity contribution < 1.29 is 14.3 Å². The summed E-state index contributed by atoms with van der Waals surface area (Å²) in [4.78, 5) is 26.7. The van der Waals surface area contributed by atoms with E-state index in [2.05, 4.69) is 5.32 Å². The second kappa shape index (κ2) is 10.8. The topological polar surface area (TPSA) is 58.6 Å². The summed E-state index contributed by atoms with van der Waals surface area (Å²) in [6, 6.07) is 24.4. The largest absolute Gasteiger partial charge is 0.497 e. The minimum Gasteiger partial charge on any atom is -0.497 e. The number of nitrogens with one attached hydrogen (secondary N) is 1. The van der Waals surface area contributed by atoms with Gasteiger partial charge in [0.1, 0.15) is 5.75 Å². The van der Waals surface area contributed by atoms with Gasteiger partial charge in [0.25, 0.3) is 0 Å². The summed E-state index contributed by atoms with van der Waals surface area (Å²) < 4.78 is 5.18. The van der Waals surface area contributed by atoms with Crippen LogP contribution in [0.25, 0.3) is 6.08 Å². The van der Waals surface area contributed by atoms with Crippen LogP contribution in [-0.2, 0) is 16.0 Å². The number of nitrogens with zero attached hydrogens (tertiary/aromatic N) is 1. The third-order valence-corrected chi connectivity index (χ3v) is 4.78. The third-order valence-electron chi connectivity index (χ3n) is 4.78. The van der Waals surface area contributed by atoms with Crippen LogP contribution in [0.4, 0.5) is 11.4 Å². The molecule has 158 valence electrons. The Morgan fingerprint density at radius 1 is 0.968 bits per heavy atom. The summed E-state index contributed by atoms with van der Waals surface area (Å²) in [6.07, 6.45) is 3.51. The van der Waals surface area contributed by atoms with Gasteiger partial charge in [0.2, 0.25) is 11.8 Å². The van der Waals surface area contributed by atoms with Crippen LogP contribution in [-0.4, -0.2) is 25.5 Å². The molecule has 3 aromatic rings. The van der Waals surface area contributed by atoms with Crippen LogP contribution in [0.5, 0.6) is 5.75 Å². The maximum absolute atomic E-state index is 12.7. The molecule has 0 aromatic heterocycles. The van der Waals surface area contributed by atoms with Gasteiger partial charge in [0, 0.05) is 24.0 Å². The van der Waals surface area contributed by atoms with Crippen molar-refractivity contribution in [1.82, 2.24) is 0 Å². The number of carbonyl (C=O) groups excluding carboxylic acids is 2. The van der Waals surface area contributed by atoms with Gasteiger partial charge in [-0.05, 0) is 60.5 Å². The zero-order valence-electron chi connectivity index (χ0n) is 17.7. The fourth-order valence-electron chi connectivity index (χ4n) is 3.19. The van der Waals surface area contributed by atoms with Gasteiger partial charge in [0.05, 0.1) is 13.5 Å². The van der Waals surface area contributed by atoms with E-state index in [0.29, 0.717) is 18.7 Å². The Labute approximate surface area is 183 Å². The number of anilines is 2. The highest BCUT2D eigenvalue weighted by molar-refractivity contribution is 6.02. The van der Waals surface area contributed by atoms with Gasteiger partial charge in [0.15, 0.2) is 0 Å². The lowest BCUT2D eigenvalue weighted by Crippen LogP contribution is -2.31. The summed E-state index contributed by atoms with van der Waals surface area (Å²) in [7, 11) is 1.61. The van der Waals surface area contributed by atoms with E-state index in [1.54, 1.807) is 30.2 Å². The van der Waals surface area contributed by atoms with Gasteiger partial charge in [-0.3, -0.25) is 9.59 Å². The van der Waals surface area contributed by atoms with Crippen molar-refractivity contribution in [2.75, 3.05) is 23.9 Å². The summed E-state index contributed by atoms with van der Waals surface area (Å²) in [5, 5.41) is 2.83. The molecule has 2 amide bonds. The lowest BCUT2D eigenvalue weighted by molar-refractivity contribution is -0.118. The summed E-state index contributed by atoms with van der Waals surface area (Å²) in [5.41, 5.74) is 3.33. The van der Waals surface area contributed by atoms with E-state index < -0.39 is 0 Å². The number of methoxy groups -OCH3 is 1. The smallest absolute Gasteiger partial charge is 0.248 e. The second-order valence-electron chi connectivity index (χ2n) is 6.95. The molecule has 0 saturated carbocycles. The molecule has 3 aromatic carbocycles. The van der Waals surface area contributed by atoms with Gasteiger partial charge in [-0.25, -0.2) is 0 Å². The van der Waals surface area contributed by atoms with Crippen molar-refractivity contribution >= 4 is 29.3 Å². The first kappa shape index (κ1) is 21.8. The first-order valence-electron chi connectivity index (χ1n) is 10.2. The lowest BCUT2D eigenvalue weighted by Gasteiger charge is -2.21. The molecule has 5 nitrogen and oxygen atoms in total. The monoisotopic (exact) mass is 414 g/mol. The van der Waals surface area contributed by atoms with Crippen molar-refractivity contribution in [3.63, 3.8) is 0 Å². The maximum Gasteiger partial charge on any atom is 0.248 e. The first-order chi connectivity index (χ1) is 15.1. The Kier molecular flexibility index (Phi) is 7.60. The number of ether oxygens (including phenoxy) is 1. The Balaban J connectivity index is 1.57. The average molecular weight is 415 g/mol. The van der Waals surface area contributed by atoms with Crippen LogP contribution in [0.2, 0.25) is 0 Å². The molecule has 3 rings (SSSR count). The average Bonchev–Trinajstić information content (AvgIpc) is 2.80. The molecule has 0 aliphatic rings. The predicted octanol–water partition coefficient (Wildman–Crippen LogP) is 4.94. The quantitative estimate of drug-likeness (QED) is 0.531. The zero-order chi connectivity index (χ0) is 22.1. The van der Waals surface area contributed by atoms with E-state index in [4.69, 9.17) is 4.74 Å². The molecule has 0 spiro atoms. The summed E-state index contributed by atoms with van der Waals surface area (Å²) >= 11 is 0. The van der Waals surface area contributed by atoms with Crippen LogP contribution < -0.4 is 15.0 Å². The number of likely N-dealkylation sites (N-methyl/N-ethyl adjacent to an activating group) is 1. The summed E-state index contributed by atoms with van der Waals surface area (Å²) in [6.45, 7) is 2.57. The molecule has 31 heavy (non-hydrogen) atoms. The minimum atomic E-state index is -0.229. The molecule has 0 heterocycles. The van der Waals surface area contributed by atoms with Crippen molar-refractivity contribution in [2.24, 2.45) is 0 Å². The zero-order valence-corrected chi connectivity index (χ0v) is 17.7. The number of amides is 2. The second-order valence-corrected chi connectivity index (χ2v) is 6.95. The van der Waals surface area contributed by atoms with Crippen molar-refractivity contribution in [3.8, 4) is 5.75 Å². The highest BCUT2D eigenvalue weighted by Crippen LogP contribution is 2.17. The van der Waals surface area contributed by atoms with E-state index in [1.165, 1.54) is 6.08 Å². The molecule has 1 N–H and O–H groups in total. The SMILES string of the molecule is CCN(C(=O)Cc1ccc(NC(=O)/C=C/c2cccc(OC)c2)cc1)c1ccccc1. The standard InChI is InChI=1S/C26H26N2O3/c1-3-28(23-9-5-4-6-10-23)26(30)19-21-12-15-22(16-13-21)27-25(29)17-14-20-8-7-11-24(18-20)31-2/h4-18H,3,19H2,1-2H3,(H,27,29)/b17-14+. The van der Waals surface area contributed by atoms with Gasteiger partial charge >= 0.3 is 0 Å². The van der Waals surface area contributed by atoms with Crippen molar-refractivity contribution in [1.29, 1.82) is 0 Å². The number of hydrogen-bond acceptors (Lipinski definition) is 3. The fraction of sp³-hybridized carbons (Fsp3) is 0.154. The number of carbonyl (C=O) groups is 2. The highest BCUT2D eigenvalue weighted by Gasteiger charge is 2.14. The van der Waals surface area contributed by atoms with Crippen LogP contribution in [0.3, 0.4) is 0 Å². The molecule has 0 unspecified atom stereocenters. The molecule has 0 atom stereocenters. The predicted molar refractivity (Wildman–Crippen MR) is 125 cm³/mol. The Bertz CT molecular complexity index is 1040. The molecule has 5 heteroatoms. The van der Waals surface area contributed by atoms with Crippen LogP contribution in [0.15, 0.2) is 84.9 Å². The van der Waals surface area contributed by atoms with Gasteiger partial charge < -0.3 is 15.0 Å². The van der Waals surface area contributed by atoms with E-state index in [-0.39, 0.29) is 11.8 Å². The summed E-state index contributed by atoms with van der Waals surface area (Å²) in [5.74, 6) is 0.543. The Hall–Kier alpha value is -3.86. The first-order valence-corrected chi connectivity index (χ1v) is 10.2. The Morgan fingerprint density at radius 3 is 2.39 bits per heavy atom. The van der Waals surface area contributed by atoms with Crippen LogP contribution in [0.1, 0.15) is 18.1 Å². The van der Waals surface area contributed by atoms with Gasteiger partial charge in [-0.2, -0.15) is 0 Å². The van der Waals surface area contributed by atoms with Crippen LogP contribution in [0, 0.1) is 0 Å². The molecule has 0 bridgehead atoms. The molecular formula is C26H26N2O3. The number of hydrogen-bond donors (Lipinski definition) is 1. The normalized spacial score (nSPS) is 10.6. The van der Waals surface area contributed by atoms with Gasteiger partial charge in [-0.15, -0.1) is 0 Å². The van der Waals surface area contributed by atoms with E-state index >= 15 is 0 Å². The number of rotatable bonds is 8. The third kappa shape index (κ3) is 6.31. The molecule has 0 aliphatic carbocycles. The van der Waals surface area contributed by atoms with E-state index in [0.717, 1.165) is 22.6 Å². The van der Waals surface area contributed by atoms with E-state index in [1.807, 2.05) is 73.7 Å². The molecule has 0 fully saturated rings. The van der Waals surface area contributed by atoms with Crippen molar-refractivity contribution in [2.45, 2.75) is 13.3 Å².